The van der Waals surface area contributed by atoms with E-state index in [0.717, 1.165) is 48.0 Å². The lowest BCUT2D eigenvalue weighted by atomic mass is 10.1. The van der Waals surface area contributed by atoms with Gasteiger partial charge in [0.15, 0.2) is 5.75 Å². The Bertz CT molecular complexity index is 1350. The summed E-state index contributed by atoms with van der Waals surface area (Å²) in [5, 5.41) is 8.62. The Morgan fingerprint density at radius 2 is 1.89 bits per heavy atom. The van der Waals surface area contributed by atoms with Crippen LogP contribution in [-0.4, -0.2) is 77.4 Å². The van der Waals surface area contributed by atoms with E-state index < -0.39 is 12.1 Å². The number of amides is 1. The second kappa shape index (κ2) is 11.5. The van der Waals surface area contributed by atoms with E-state index in [0.29, 0.717) is 22.6 Å². The molecule has 8 nitrogen and oxygen atoms in total. The predicted molar refractivity (Wildman–Crippen MR) is 137 cm³/mol. The van der Waals surface area contributed by atoms with Crippen LogP contribution >= 0.6 is 11.3 Å². The smallest absolute Gasteiger partial charge is 0.490 e. The number of aromatic nitrogens is 1. The average molecular weight is 542 g/mol. The van der Waals surface area contributed by atoms with E-state index >= 15 is 0 Å². The molecule has 3 aromatic rings. The fourth-order valence-corrected chi connectivity index (χ4v) is 5.44. The summed E-state index contributed by atoms with van der Waals surface area (Å²) in [6.07, 6.45) is -2.26. The lowest BCUT2D eigenvalue weighted by Crippen LogP contribution is -2.38. The molecule has 37 heavy (non-hydrogen) atoms. The van der Waals surface area contributed by atoms with Gasteiger partial charge < -0.3 is 24.2 Å². The fraction of sp³-hybridized carbons (Fsp3) is 0.480. The predicted octanol–water partition coefficient (Wildman–Crippen LogP) is 4.34. The van der Waals surface area contributed by atoms with Crippen molar-refractivity contribution in [2.24, 2.45) is 7.05 Å². The standard InChI is InChI=1S/C23H29N3O3S.C2HF3O2/c1-5-6-13-29-19-18-20(16-9-7-8-10-17(16)26(4)22(18)27)30-21(19)23(28)25(3)15-11-12-24(2)14-15;3-2(4,5)1(6)7/h7-10,15H,5-6,11-14H2,1-4H3;(H,6,7). The molecular formula is C25H30F3N3O5S. The minimum Gasteiger partial charge on any atom is -0.491 e. The number of carboxylic acid groups (broad SMARTS) is 1. The highest BCUT2D eigenvalue weighted by atomic mass is 32.1. The van der Waals surface area contributed by atoms with Gasteiger partial charge in [0.25, 0.3) is 11.5 Å². The minimum atomic E-state index is -5.08. The molecule has 1 N–H and O–H groups in total. The molecule has 0 bridgehead atoms. The van der Waals surface area contributed by atoms with Gasteiger partial charge in [-0.15, -0.1) is 11.3 Å². The van der Waals surface area contributed by atoms with Gasteiger partial charge in [0, 0.05) is 32.1 Å². The maximum atomic E-state index is 13.5. The summed E-state index contributed by atoms with van der Waals surface area (Å²) >= 11 is 1.39. The van der Waals surface area contributed by atoms with Crippen LogP contribution in [-0.2, 0) is 11.8 Å². The third-order valence-electron chi connectivity index (χ3n) is 6.31. The fourth-order valence-electron chi connectivity index (χ4n) is 4.19. The van der Waals surface area contributed by atoms with E-state index in [9.17, 15) is 22.8 Å². The van der Waals surface area contributed by atoms with Crippen LogP contribution in [0.4, 0.5) is 13.2 Å². The van der Waals surface area contributed by atoms with Gasteiger partial charge in [-0.1, -0.05) is 31.5 Å². The third kappa shape index (κ3) is 6.07. The number of nitrogens with zero attached hydrogens (tertiary/aromatic N) is 3. The number of likely N-dealkylation sites (N-methyl/N-ethyl adjacent to an activating group) is 2. The zero-order valence-electron chi connectivity index (χ0n) is 21.1. The van der Waals surface area contributed by atoms with E-state index in [-0.39, 0.29) is 17.5 Å². The zero-order chi connectivity index (χ0) is 27.5. The molecule has 1 atom stereocenters. The van der Waals surface area contributed by atoms with Crippen LogP contribution < -0.4 is 10.3 Å². The molecule has 12 heteroatoms. The van der Waals surface area contributed by atoms with E-state index in [1.165, 1.54) is 11.3 Å². The maximum absolute atomic E-state index is 13.5. The van der Waals surface area contributed by atoms with Gasteiger partial charge in [0.05, 0.1) is 16.8 Å². The number of aliphatic carboxylic acids is 1. The number of aryl methyl sites for hydroxylation is 1. The first-order valence-corrected chi connectivity index (χ1v) is 12.6. The Balaban J connectivity index is 0.000000479. The summed E-state index contributed by atoms with van der Waals surface area (Å²) in [6.45, 7) is 4.44. The normalized spacial score (nSPS) is 16.0. The largest absolute Gasteiger partial charge is 0.491 e. The quantitative estimate of drug-likeness (QED) is 0.467. The number of hydrogen-bond donors (Lipinski definition) is 1. The number of likely N-dealkylation sites (tertiary alicyclic amines) is 1. The van der Waals surface area contributed by atoms with Crippen molar-refractivity contribution in [3.05, 3.63) is 39.5 Å². The van der Waals surface area contributed by atoms with Crippen molar-refractivity contribution >= 4 is 44.2 Å². The van der Waals surface area contributed by atoms with Gasteiger partial charge in [-0.25, -0.2) is 4.79 Å². The van der Waals surface area contributed by atoms with Gasteiger partial charge in [-0.05, 0) is 32.5 Å². The van der Waals surface area contributed by atoms with E-state index in [1.807, 2.05) is 36.2 Å². The number of carbonyl (C=O) groups excluding carboxylic acids is 1. The monoisotopic (exact) mass is 541 g/mol. The first kappa shape index (κ1) is 28.5. The van der Waals surface area contributed by atoms with Crippen LogP contribution in [0.1, 0.15) is 35.9 Å². The van der Waals surface area contributed by atoms with E-state index in [4.69, 9.17) is 14.6 Å². The molecule has 0 saturated carbocycles. The van der Waals surface area contributed by atoms with Crippen molar-refractivity contribution in [3.8, 4) is 5.75 Å². The van der Waals surface area contributed by atoms with Crippen LogP contribution in [0.15, 0.2) is 29.1 Å². The summed E-state index contributed by atoms with van der Waals surface area (Å²) in [5.41, 5.74) is 0.745. The average Bonchev–Trinajstić information content (AvgIpc) is 3.46. The topological polar surface area (TPSA) is 92.1 Å². The van der Waals surface area contributed by atoms with Gasteiger partial charge in [-0.2, -0.15) is 13.2 Å². The zero-order valence-corrected chi connectivity index (χ0v) is 21.9. The van der Waals surface area contributed by atoms with Gasteiger partial charge >= 0.3 is 12.1 Å². The molecule has 1 unspecified atom stereocenters. The SMILES string of the molecule is CCCCOc1c(C(=O)N(C)C2CCN(C)C2)sc2c1c(=O)n(C)c1ccccc21.O=C(O)C(F)(F)F. The Morgan fingerprint density at radius 3 is 2.46 bits per heavy atom. The van der Waals surface area contributed by atoms with Crippen molar-refractivity contribution in [1.82, 2.24) is 14.4 Å². The molecule has 1 aliphatic heterocycles. The Hall–Kier alpha value is -3.12. The molecule has 1 saturated heterocycles. The molecule has 4 rings (SSSR count). The van der Waals surface area contributed by atoms with Crippen molar-refractivity contribution in [1.29, 1.82) is 0 Å². The Morgan fingerprint density at radius 1 is 1.24 bits per heavy atom. The van der Waals surface area contributed by atoms with Gasteiger partial charge in [0.2, 0.25) is 0 Å². The van der Waals surface area contributed by atoms with Crippen molar-refractivity contribution in [2.45, 2.75) is 38.4 Å². The summed E-state index contributed by atoms with van der Waals surface area (Å²) in [4.78, 5) is 40.3. The molecule has 3 heterocycles. The number of carbonyl (C=O) groups is 2. The second-order valence-corrected chi connectivity index (χ2v) is 9.99. The highest BCUT2D eigenvalue weighted by Crippen LogP contribution is 2.40. The van der Waals surface area contributed by atoms with Gasteiger partial charge in [-0.3, -0.25) is 9.59 Å². The molecule has 0 radical (unpaired) electrons. The number of para-hydroxylation sites is 1. The van der Waals surface area contributed by atoms with Crippen molar-refractivity contribution < 1.29 is 32.6 Å². The number of rotatable bonds is 6. The summed E-state index contributed by atoms with van der Waals surface area (Å²) in [7, 11) is 5.72. The second-order valence-electron chi connectivity index (χ2n) is 8.97. The number of benzene rings is 1. The first-order valence-electron chi connectivity index (χ1n) is 11.8. The van der Waals surface area contributed by atoms with Crippen LogP contribution in [0.2, 0.25) is 0 Å². The number of pyridine rings is 1. The molecule has 1 amide bonds. The Kier molecular flexibility index (Phi) is 8.85. The summed E-state index contributed by atoms with van der Waals surface area (Å²) in [6, 6.07) is 8.01. The first-order chi connectivity index (χ1) is 17.4. The summed E-state index contributed by atoms with van der Waals surface area (Å²) in [5.74, 6) is -2.36. The maximum Gasteiger partial charge on any atom is 0.490 e. The van der Waals surface area contributed by atoms with Crippen molar-refractivity contribution in [2.75, 3.05) is 33.8 Å². The van der Waals surface area contributed by atoms with Crippen LogP contribution in [0.25, 0.3) is 21.0 Å². The van der Waals surface area contributed by atoms with Crippen LogP contribution in [0, 0.1) is 0 Å². The number of thiophene rings is 1. The number of alkyl halides is 3. The molecule has 2 aromatic heterocycles. The van der Waals surface area contributed by atoms with Gasteiger partial charge in [0.1, 0.15) is 10.3 Å². The number of hydrogen-bond acceptors (Lipinski definition) is 6. The van der Waals surface area contributed by atoms with Crippen LogP contribution in [0.3, 0.4) is 0 Å². The third-order valence-corrected chi connectivity index (χ3v) is 7.50. The minimum absolute atomic E-state index is 0.0610. The molecule has 1 fully saturated rings. The lowest BCUT2D eigenvalue weighted by Gasteiger charge is -2.24. The Labute approximate surface area is 215 Å². The molecule has 0 spiro atoms. The molecule has 1 aliphatic rings. The number of unbranched alkanes of at least 4 members (excludes halogenated alkanes) is 1. The molecular weight excluding hydrogens is 511 g/mol. The number of halogens is 3. The number of fused-ring (bicyclic) bond motifs is 3. The highest BCUT2D eigenvalue weighted by molar-refractivity contribution is 7.22. The molecule has 202 valence electrons. The molecule has 1 aromatic carbocycles. The van der Waals surface area contributed by atoms with E-state index in [2.05, 4.69) is 18.9 Å². The number of ether oxygens (including phenoxy) is 1. The summed E-state index contributed by atoms with van der Waals surface area (Å²) < 4.78 is 40.3. The van der Waals surface area contributed by atoms with Crippen molar-refractivity contribution in [3.63, 3.8) is 0 Å². The highest BCUT2D eigenvalue weighted by Gasteiger charge is 2.38. The lowest BCUT2D eigenvalue weighted by molar-refractivity contribution is -0.192. The van der Waals surface area contributed by atoms with E-state index in [1.54, 1.807) is 11.6 Å². The van der Waals surface area contributed by atoms with Crippen LogP contribution in [0.5, 0.6) is 5.75 Å². The number of carboxylic acids is 1. The molecule has 0 aliphatic carbocycles.